The van der Waals surface area contributed by atoms with Crippen molar-refractivity contribution in [1.29, 1.82) is 0 Å². The van der Waals surface area contributed by atoms with Crippen molar-refractivity contribution in [3.8, 4) is 11.5 Å². The lowest BCUT2D eigenvalue weighted by Gasteiger charge is -2.37. The molecule has 0 aliphatic carbocycles. The molecule has 1 spiro atoms. The van der Waals surface area contributed by atoms with Crippen LogP contribution in [0.2, 0.25) is 0 Å². The maximum Gasteiger partial charge on any atom is 0.340 e. The summed E-state index contributed by atoms with van der Waals surface area (Å²) in [5.41, 5.74) is 4.25. The van der Waals surface area contributed by atoms with E-state index in [4.69, 9.17) is 9.47 Å². The van der Waals surface area contributed by atoms with E-state index in [-0.39, 0.29) is 5.97 Å². The number of fused-ring (bicyclic) bond motifs is 6. The van der Waals surface area contributed by atoms with Crippen molar-refractivity contribution < 1.29 is 14.3 Å². The molecule has 0 atom stereocenters. The Balaban J connectivity index is 1.77. The van der Waals surface area contributed by atoms with Gasteiger partial charge in [-0.2, -0.15) is 0 Å². The van der Waals surface area contributed by atoms with Gasteiger partial charge in [0.1, 0.15) is 11.5 Å². The Morgan fingerprint density at radius 3 is 1.74 bits per heavy atom. The Kier molecular flexibility index (Phi) is 5.80. The Hall–Kier alpha value is -2.99. The summed E-state index contributed by atoms with van der Waals surface area (Å²) in [6, 6.07) is 18.2. The van der Waals surface area contributed by atoms with Crippen LogP contribution in [-0.2, 0) is 10.3 Å². The van der Waals surface area contributed by atoms with Gasteiger partial charge >= 0.3 is 5.97 Å². The lowest BCUT2D eigenvalue weighted by molar-refractivity contribution is 0.0224. The van der Waals surface area contributed by atoms with Crippen molar-refractivity contribution >= 4 is 33.3 Å². The highest BCUT2D eigenvalue weighted by Gasteiger charge is 2.53. The number of esters is 1. The number of anilines is 2. The Morgan fingerprint density at radius 1 is 0.735 bits per heavy atom. The van der Waals surface area contributed by atoms with Crippen LogP contribution in [0.25, 0.3) is 0 Å². The fourth-order valence-electron chi connectivity index (χ4n) is 5.25. The van der Waals surface area contributed by atoms with Gasteiger partial charge in [-0.3, -0.25) is 0 Å². The predicted octanol–water partition coefficient (Wildman–Crippen LogP) is 6.71. The van der Waals surface area contributed by atoms with E-state index in [1.54, 1.807) is 0 Å². The molecule has 0 saturated heterocycles. The molecule has 0 unspecified atom stereocenters. The maximum atomic E-state index is 13.1. The van der Waals surface area contributed by atoms with Crippen LogP contribution in [-0.4, -0.2) is 32.1 Å². The molecule has 0 N–H and O–H groups in total. The number of hydrogen-bond donors (Lipinski definition) is 0. The van der Waals surface area contributed by atoms with E-state index in [1.807, 2.05) is 18.2 Å². The van der Waals surface area contributed by atoms with Crippen LogP contribution >= 0.6 is 15.9 Å². The van der Waals surface area contributed by atoms with E-state index in [1.165, 1.54) is 0 Å². The monoisotopic (exact) mass is 520 g/mol. The first-order valence-corrected chi connectivity index (χ1v) is 12.8. The first-order valence-electron chi connectivity index (χ1n) is 12.0. The Bertz CT molecular complexity index is 1200. The minimum atomic E-state index is -1.04. The van der Waals surface area contributed by atoms with E-state index in [9.17, 15) is 4.79 Å². The summed E-state index contributed by atoms with van der Waals surface area (Å²) in [6.07, 6.45) is 0. The van der Waals surface area contributed by atoms with Gasteiger partial charge in [0, 0.05) is 70.8 Å². The SMILES string of the molecule is CCN(CC)c1ccc2c(c1)Oc1cc(N(CC)CC)ccc1C21OC(=O)c2cc(Br)ccc21. The average molecular weight is 521 g/mol. The van der Waals surface area contributed by atoms with Crippen molar-refractivity contribution in [2.45, 2.75) is 33.3 Å². The number of benzene rings is 3. The normalized spacial score (nSPS) is 14.7. The second-order valence-corrected chi connectivity index (χ2v) is 9.48. The first kappa shape index (κ1) is 22.8. The molecular formula is C28H29BrN2O3. The van der Waals surface area contributed by atoms with Crippen LogP contribution in [0.15, 0.2) is 59.1 Å². The maximum absolute atomic E-state index is 13.1. The number of carbonyl (C=O) groups excluding carboxylic acids is 1. The quantitative estimate of drug-likeness (QED) is 0.338. The van der Waals surface area contributed by atoms with E-state index < -0.39 is 5.60 Å². The largest absolute Gasteiger partial charge is 0.456 e. The third-order valence-electron chi connectivity index (χ3n) is 6.99. The van der Waals surface area contributed by atoms with Gasteiger partial charge in [0.25, 0.3) is 0 Å². The van der Waals surface area contributed by atoms with E-state index in [0.29, 0.717) is 5.56 Å². The van der Waals surface area contributed by atoms with Crippen molar-refractivity contribution in [3.05, 3.63) is 81.3 Å². The van der Waals surface area contributed by atoms with E-state index >= 15 is 0 Å². The highest BCUT2D eigenvalue weighted by molar-refractivity contribution is 9.10. The molecule has 5 nitrogen and oxygen atoms in total. The third-order valence-corrected chi connectivity index (χ3v) is 7.49. The summed E-state index contributed by atoms with van der Waals surface area (Å²) in [5, 5.41) is 0. The summed E-state index contributed by atoms with van der Waals surface area (Å²) in [6.45, 7) is 12.2. The molecule has 3 aromatic rings. The number of rotatable bonds is 6. The van der Waals surface area contributed by atoms with Crippen LogP contribution < -0.4 is 14.5 Å². The number of hydrogen-bond acceptors (Lipinski definition) is 5. The van der Waals surface area contributed by atoms with Gasteiger partial charge in [0.05, 0.1) is 5.56 Å². The first-order chi connectivity index (χ1) is 16.5. The number of carbonyl (C=O) groups is 1. The zero-order valence-electron chi connectivity index (χ0n) is 20.0. The molecule has 2 aliphatic heterocycles. The second-order valence-electron chi connectivity index (χ2n) is 8.57. The molecule has 0 amide bonds. The molecule has 2 heterocycles. The second kappa shape index (κ2) is 8.66. The third kappa shape index (κ3) is 3.30. The van der Waals surface area contributed by atoms with E-state index in [0.717, 1.165) is 70.2 Å². The highest BCUT2D eigenvalue weighted by atomic mass is 79.9. The number of halogens is 1. The van der Waals surface area contributed by atoms with Crippen LogP contribution in [0, 0.1) is 0 Å². The van der Waals surface area contributed by atoms with Gasteiger partial charge in [0.15, 0.2) is 5.60 Å². The van der Waals surface area contributed by atoms with Gasteiger partial charge in [0.2, 0.25) is 0 Å². The molecule has 0 radical (unpaired) electrons. The minimum absolute atomic E-state index is 0.323. The topological polar surface area (TPSA) is 42.0 Å². The molecule has 176 valence electrons. The van der Waals surface area contributed by atoms with Crippen LogP contribution in [0.3, 0.4) is 0 Å². The Morgan fingerprint density at radius 2 is 1.24 bits per heavy atom. The van der Waals surface area contributed by atoms with Crippen LogP contribution in [0.1, 0.15) is 54.7 Å². The van der Waals surface area contributed by atoms with Crippen LogP contribution in [0.5, 0.6) is 11.5 Å². The molecule has 0 aromatic heterocycles. The fraction of sp³-hybridized carbons (Fsp3) is 0.321. The Labute approximate surface area is 209 Å². The van der Waals surface area contributed by atoms with Gasteiger partial charge in [-0.25, -0.2) is 4.79 Å². The standard InChI is InChI=1S/C28H29BrN2O3/c1-5-30(6-2)19-10-13-23-25(16-19)33-26-17-20(31(7-3)8-4)11-14-24(26)28(23)22-12-9-18(29)15-21(22)27(32)34-28/h9-17H,5-8H2,1-4H3. The molecule has 3 aromatic carbocycles. The molecule has 5 rings (SSSR count). The molecule has 0 fully saturated rings. The van der Waals surface area contributed by atoms with Gasteiger partial charge < -0.3 is 19.3 Å². The highest BCUT2D eigenvalue weighted by Crippen LogP contribution is 2.57. The van der Waals surface area contributed by atoms with Gasteiger partial charge in [-0.05, 0) is 64.1 Å². The molecule has 34 heavy (non-hydrogen) atoms. The summed E-state index contributed by atoms with van der Waals surface area (Å²) < 4.78 is 13.7. The minimum Gasteiger partial charge on any atom is -0.456 e. The fourth-order valence-corrected chi connectivity index (χ4v) is 5.61. The van der Waals surface area contributed by atoms with Gasteiger partial charge in [-0.1, -0.05) is 22.0 Å². The summed E-state index contributed by atoms with van der Waals surface area (Å²) in [7, 11) is 0. The molecular weight excluding hydrogens is 492 g/mol. The average Bonchev–Trinajstić information content (AvgIpc) is 3.12. The van der Waals surface area contributed by atoms with Crippen molar-refractivity contribution in [2.75, 3.05) is 36.0 Å². The van der Waals surface area contributed by atoms with E-state index in [2.05, 4.69) is 89.8 Å². The van der Waals surface area contributed by atoms with Gasteiger partial charge in [-0.15, -0.1) is 0 Å². The molecule has 0 bridgehead atoms. The van der Waals surface area contributed by atoms with Crippen molar-refractivity contribution in [3.63, 3.8) is 0 Å². The lowest BCUT2D eigenvalue weighted by Crippen LogP contribution is -2.33. The van der Waals surface area contributed by atoms with Crippen molar-refractivity contribution in [1.82, 2.24) is 0 Å². The molecule has 2 aliphatic rings. The molecule has 6 heteroatoms. The summed E-state index contributed by atoms with van der Waals surface area (Å²) >= 11 is 3.51. The summed E-state index contributed by atoms with van der Waals surface area (Å²) in [4.78, 5) is 17.7. The number of nitrogens with zero attached hydrogens (tertiary/aromatic N) is 2. The lowest BCUT2D eigenvalue weighted by atomic mass is 9.77. The zero-order valence-corrected chi connectivity index (χ0v) is 21.6. The summed E-state index contributed by atoms with van der Waals surface area (Å²) in [5.74, 6) is 1.12. The number of ether oxygens (including phenoxy) is 2. The predicted molar refractivity (Wildman–Crippen MR) is 140 cm³/mol. The van der Waals surface area contributed by atoms with Crippen molar-refractivity contribution in [2.24, 2.45) is 0 Å². The van der Waals surface area contributed by atoms with Crippen LogP contribution in [0.4, 0.5) is 11.4 Å². The zero-order chi connectivity index (χ0) is 24.0. The molecule has 0 saturated carbocycles. The smallest absolute Gasteiger partial charge is 0.340 e.